The molecule has 0 aliphatic carbocycles. The lowest BCUT2D eigenvalue weighted by atomic mass is 9.95. The first-order valence-electron chi connectivity index (χ1n) is 7.16. The average Bonchev–Trinajstić information content (AvgIpc) is 2.85. The van der Waals surface area contributed by atoms with E-state index in [0.717, 1.165) is 13.0 Å². The van der Waals surface area contributed by atoms with E-state index in [1.165, 1.54) is 19.8 Å². The van der Waals surface area contributed by atoms with Gasteiger partial charge in [-0.2, -0.15) is 0 Å². The van der Waals surface area contributed by atoms with Gasteiger partial charge in [-0.3, -0.25) is 0 Å². The minimum Gasteiger partial charge on any atom is -0.305 e. The minimum atomic E-state index is 0.404. The maximum absolute atomic E-state index is 3.69. The second kappa shape index (κ2) is 7.39. The molecule has 1 unspecified atom stereocenters. The number of hydrogen-bond acceptors (Lipinski definition) is 2. The van der Waals surface area contributed by atoms with Crippen molar-refractivity contribution in [1.82, 2.24) is 5.32 Å². The van der Waals surface area contributed by atoms with Crippen LogP contribution in [0.5, 0.6) is 0 Å². The standard InChI is InChI=1S/C17H22BrNS/c1-4-13-5-7-14(8-6-13)17(12(2)3)19-11-15-9-10-16(18)20-15/h5-10,12,17,19H,4,11H2,1-3H3. The Kier molecular flexibility index (Phi) is 5.82. The Morgan fingerprint density at radius 1 is 1.10 bits per heavy atom. The van der Waals surface area contributed by atoms with E-state index in [4.69, 9.17) is 0 Å². The highest BCUT2D eigenvalue weighted by Gasteiger charge is 2.15. The maximum Gasteiger partial charge on any atom is 0.0701 e. The number of aryl methyl sites for hydroxylation is 1. The van der Waals surface area contributed by atoms with Gasteiger partial charge >= 0.3 is 0 Å². The Morgan fingerprint density at radius 3 is 2.30 bits per heavy atom. The number of nitrogens with one attached hydrogen (secondary N) is 1. The van der Waals surface area contributed by atoms with Gasteiger partial charge in [0.2, 0.25) is 0 Å². The van der Waals surface area contributed by atoms with Crippen molar-refractivity contribution in [2.75, 3.05) is 0 Å². The number of hydrogen-bond donors (Lipinski definition) is 1. The summed E-state index contributed by atoms with van der Waals surface area (Å²) in [6, 6.07) is 13.7. The van der Waals surface area contributed by atoms with Crippen LogP contribution in [0, 0.1) is 5.92 Å². The molecule has 0 aliphatic heterocycles. The second-order valence-electron chi connectivity index (χ2n) is 5.40. The van der Waals surface area contributed by atoms with E-state index in [0.29, 0.717) is 12.0 Å². The Labute approximate surface area is 134 Å². The smallest absolute Gasteiger partial charge is 0.0701 e. The van der Waals surface area contributed by atoms with Crippen LogP contribution in [0.25, 0.3) is 0 Å². The number of benzene rings is 1. The first-order chi connectivity index (χ1) is 9.60. The van der Waals surface area contributed by atoms with E-state index in [2.05, 4.69) is 78.4 Å². The number of rotatable bonds is 6. The van der Waals surface area contributed by atoms with Crippen molar-refractivity contribution >= 4 is 27.3 Å². The first kappa shape index (κ1) is 15.7. The van der Waals surface area contributed by atoms with E-state index in [9.17, 15) is 0 Å². The molecule has 0 radical (unpaired) electrons. The minimum absolute atomic E-state index is 0.404. The molecule has 1 nitrogen and oxygen atoms in total. The molecule has 0 saturated carbocycles. The third kappa shape index (κ3) is 4.18. The summed E-state index contributed by atoms with van der Waals surface area (Å²) in [6.07, 6.45) is 1.10. The van der Waals surface area contributed by atoms with Crippen molar-refractivity contribution in [2.45, 2.75) is 39.8 Å². The van der Waals surface area contributed by atoms with E-state index < -0.39 is 0 Å². The van der Waals surface area contributed by atoms with Crippen LogP contribution in [-0.2, 0) is 13.0 Å². The molecule has 2 rings (SSSR count). The van der Waals surface area contributed by atoms with Gasteiger partial charge in [-0.1, -0.05) is 45.0 Å². The molecule has 1 atom stereocenters. The van der Waals surface area contributed by atoms with Crippen LogP contribution in [0.1, 0.15) is 42.8 Å². The van der Waals surface area contributed by atoms with Crippen LogP contribution >= 0.6 is 27.3 Å². The highest BCUT2D eigenvalue weighted by Crippen LogP contribution is 2.25. The molecule has 0 fully saturated rings. The summed E-state index contributed by atoms with van der Waals surface area (Å²) in [4.78, 5) is 1.37. The summed E-state index contributed by atoms with van der Waals surface area (Å²) < 4.78 is 1.20. The zero-order valence-electron chi connectivity index (χ0n) is 12.3. The lowest BCUT2D eigenvalue weighted by Gasteiger charge is -2.23. The van der Waals surface area contributed by atoms with Gasteiger partial charge in [0.25, 0.3) is 0 Å². The second-order valence-corrected chi connectivity index (χ2v) is 7.95. The van der Waals surface area contributed by atoms with Crippen LogP contribution < -0.4 is 5.32 Å². The van der Waals surface area contributed by atoms with E-state index >= 15 is 0 Å². The van der Waals surface area contributed by atoms with Crippen molar-refractivity contribution in [3.63, 3.8) is 0 Å². The van der Waals surface area contributed by atoms with E-state index in [1.54, 1.807) is 11.3 Å². The lowest BCUT2D eigenvalue weighted by molar-refractivity contribution is 0.412. The van der Waals surface area contributed by atoms with Crippen molar-refractivity contribution in [2.24, 2.45) is 5.92 Å². The molecule has 3 heteroatoms. The predicted octanol–water partition coefficient (Wildman–Crippen LogP) is 5.56. The van der Waals surface area contributed by atoms with E-state index in [-0.39, 0.29) is 0 Å². The molecular formula is C17H22BrNS. The van der Waals surface area contributed by atoms with Crippen LogP contribution in [0.15, 0.2) is 40.2 Å². The molecule has 2 aromatic rings. The van der Waals surface area contributed by atoms with Crippen molar-refractivity contribution in [3.05, 3.63) is 56.2 Å². The molecule has 108 valence electrons. The van der Waals surface area contributed by atoms with Gasteiger partial charge in [-0.15, -0.1) is 11.3 Å². The summed E-state index contributed by atoms with van der Waals surface area (Å²) in [5, 5.41) is 3.69. The first-order valence-corrected chi connectivity index (χ1v) is 8.77. The van der Waals surface area contributed by atoms with Gasteiger partial charge in [0.05, 0.1) is 3.79 Å². The summed E-state index contributed by atoms with van der Waals surface area (Å²) in [5.74, 6) is 0.575. The Hall–Kier alpha value is -0.640. The Balaban J connectivity index is 2.06. The third-order valence-electron chi connectivity index (χ3n) is 3.54. The van der Waals surface area contributed by atoms with Crippen LogP contribution in [0.3, 0.4) is 0 Å². The average molecular weight is 352 g/mol. The van der Waals surface area contributed by atoms with Gasteiger partial charge < -0.3 is 5.32 Å². The molecule has 0 amide bonds. The van der Waals surface area contributed by atoms with Gasteiger partial charge in [0.1, 0.15) is 0 Å². The molecule has 1 aromatic carbocycles. The summed E-state index contributed by atoms with van der Waals surface area (Å²) >= 11 is 5.32. The molecule has 0 saturated heterocycles. The molecule has 1 heterocycles. The summed E-state index contributed by atoms with van der Waals surface area (Å²) in [5.41, 5.74) is 2.78. The van der Waals surface area contributed by atoms with Gasteiger partial charge in [-0.25, -0.2) is 0 Å². The predicted molar refractivity (Wildman–Crippen MR) is 92.3 cm³/mol. The molecular weight excluding hydrogens is 330 g/mol. The normalized spacial score (nSPS) is 12.8. The largest absolute Gasteiger partial charge is 0.305 e. The van der Waals surface area contributed by atoms with E-state index in [1.807, 2.05) is 0 Å². The lowest BCUT2D eigenvalue weighted by Crippen LogP contribution is -2.25. The zero-order chi connectivity index (χ0) is 14.5. The fourth-order valence-corrected chi connectivity index (χ4v) is 3.79. The molecule has 20 heavy (non-hydrogen) atoms. The van der Waals surface area contributed by atoms with Crippen molar-refractivity contribution < 1.29 is 0 Å². The molecule has 1 aromatic heterocycles. The van der Waals surface area contributed by atoms with Crippen LogP contribution in [-0.4, -0.2) is 0 Å². The Bertz CT molecular complexity index is 530. The molecule has 0 spiro atoms. The quantitative estimate of drug-likeness (QED) is 0.718. The number of halogens is 1. The summed E-state index contributed by atoms with van der Waals surface area (Å²) in [7, 11) is 0. The summed E-state index contributed by atoms with van der Waals surface area (Å²) in [6.45, 7) is 7.67. The molecule has 0 bridgehead atoms. The SMILES string of the molecule is CCc1ccc(C(NCc2ccc(Br)s2)C(C)C)cc1. The highest BCUT2D eigenvalue weighted by molar-refractivity contribution is 9.11. The zero-order valence-corrected chi connectivity index (χ0v) is 14.7. The fraction of sp³-hybridized carbons (Fsp3) is 0.412. The monoisotopic (exact) mass is 351 g/mol. The molecule has 0 aliphatic rings. The van der Waals surface area contributed by atoms with Gasteiger partial charge in [0.15, 0.2) is 0 Å². The van der Waals surface area contributed by atoms with Crippen molar-refractivity contribution in [1.29, 1.82) is 0 Å². The highest BCUT2D eigenvalue weighted by atomic mass is 79.9. The third-order valence-corrected chi connectivity index (χ3v) is 5.16. The van der Waals surface area contributed by atoms with Crippen LogP contribution in [0.4, 0.5) is 0 Å². The maximum atomic E-state index is 3.69. The topological polar surface area (TPSA) is 12.0 Å². The Morgan fingerprint density at radius 2 is 1.80 bits per heavy atom. The fourth-order valence-electron chi connectivity index (χ4n) is 2.36. The van der Waals surface area contributed by atoms with Gasteiger partial charge in [-0.05, 0) is 51.5 Å². The number of thiophene rings is 1. The molecule has 1 N–H and O–H groups in total. The van der Waals surface area contributed by atoms with Gasteiger partial charge in [0, 0.05) is 17.5 Å². The van der Waals surface area contributed by atoms with Crippen LogP contribution in [0.2, 0.25) is 0 Å². The van der Waals surface area contributed by atoms with Crippen molar-refractivity contribution in [3.8, 4) is 0 Å².